The van der Waals surface area contributed by atoms with Crippen LogP contribution in [0.5, 0.6) is 0 Å². The second-order valence-corrected chi connectivity index (χ2v) is 2.61. The average Bonchev–Trinajstić information content (AvgIpc) is 1.77. The molecule has 0 aromatic heterocycles. The van der Waals surface area contributed by atoms with E-state index >= 15 is 0 Å². The molecule has 1 rings (SSSR count). The Kier molecular flexibility index (Phi) is 9.42. The van der Waals surface area contributed by atoms with Gasteiger partial charge in [-0.1, -0.05) is 12.8 Å². The van der Waals surface area contributed by atoms with Crippen molar-refractivity contribution < 1.29 is 41.0 Å². The van der Waals surface area contributed by atoms with Gasteiger partial charge in [-0.15, -0.1) is 0 Å². The number of rotatable bonds is 0. The van der Waals surface area contributed by atoms with E-state index in [1.807, 2.05) is 0 Å². The van der Waals surface area contributed by atoms with E-state index in [1.54, 1.807) is 0 Å². The molecule has 4 N–H and O–H groups in total. The van der Waals surface area contributed by atoms with E-state index in [0.717, 1.165) is 12.8 Å². The Labute approximate surface area is 90.0 Å². The van der Waals surface area contributed by atoms with Crippen molar-refractivity contribution in [3.63, 3.8) is 0 Å². The molecule has 2 atom stereocenters. The maximum Gasteiger partial charge on any atom is 1.00 e. The van der Waals surface area contributed by atoms with Crippen LogP contribution in [0.3, 0.4) is 0 Å². The minimum absolute atomic E-state index is 0. The normalized spacial score (nSPS) is 31.8. The predicted molar refractivity (Wildman–Crippen MR) is 34.4 cm³/mol. The molecule has 0 aromatic rings. The van der Waals surface area contributed by atoms with Gasteiger partial charge in [-0.3, -0.25) is 0 Å². The third kappa shape index (κ3) is 4.13. The zero-order chi connectivity index (χ0) is 5.98. The molecule has 66 valence electrons. The quantitative estimate of drug-likeness (QED) is 0.376. The summed E-state index contributed by atoms with van der Waals surface area (Å²) >= 11 is 0. The number of halogens is 1. The van der Waals surface area contributed by atoms with Crippen LogP contribution in [-0.2, 0) is 17.1 Å². The van der Waals surface area contributed by atoms with Gasteiger partial charge in [0, 0.05) is 12.1 Å². The SMILES string of the molecule is N[C@H]1CCCC[C@@H]1N.[Cu+].[I-]. The molecule has 1 aliphatic carbocycles. The summed E-state index contributed by atoms with van der Waals surface area (Å²) in [4.78, 5) is 0. The van der Waals surface area contributed by atoms with Crippen molar-refractivity contribution >= 4 is 0 Å². The molecule has 1 fully saturated rings. The standard InChI is InChI=1S/C6H14N2.Cu.HI/c7-5-3-1-2-4-6(5)8;;/h5-6H,1-4,7-8H2;;1H/q;+1;/p-1/t5-,6-;;/m0../s1. The summed E-state index contributed by atoms with van der Waals surface area (Å²) < 4.78 is 0. The Morgan fingerprint density at radius 3 is 1.40 bits per heavy atom. The molecule has 10 heavy (non-hydrogen) atoms. The molecule has 0 amide bonds. The third-order valence-electron chi connectivity index (χ3n) is 1.87. The zero-order valence-corrected chi connectivity index (χ0v) is 8.92. The maximum absolute atomic E-state index is 5.65. The van der Waals surface area contributed by atoms with Crippen molar-refractivity contribution in [3.05, 3.63) is 0 Å². The van der Waals surface area contributed by atoms with Crippen LogP contribution in [-0.4, -0.2) is 12.1 Å². The first kappa shape index (κ1) is 13.7. The van der Waals surface area contributed by atoms with E-state index in [2.05, 4.69) is 0 Å². The molecule has 2 nitrogen and oxygen atoms in total. The van der Waals surface area contributed by atoms with Crippen LogP contribution in [0.1, 0.15) is 25.7 Å². The van der Waals surface area contributed by atoms with Crippen molar-refractivity contribution in [1.29, 1.82) is 0 Å². The molecule has 0 aliphatic heterocycles. The van der Waals surface area contributed by atoms with Crippen LogP contribution in [0, 0.1) is 0 Å². The second kappa shape index (κ2) is 6.85. The van der Waals surface area contributed by atoms with E-state index in [4.69, 9.17) is 11.5 Å². The first-order chi connectivity index (χ1) is 3.80. The molecule has 0 unspecified atom stereocenters. The molecule has 1 saturated carbocycles. The fraction of sp³-hybridized carbons (Fsp3) is 1.00. The summed E-state index contributed by atoms with van der Waals surface area (Å²) in [5.41, 5.74) is 11.3. The molecule has 4 heteroatoms. The van der Waals surface area contributed by atoms with Crippen LogP contribution < -0.4 is 35.4 Å². The van der Waals surface area contributed by atoms with Crippen molar-refractivity contribution in [3.8, 4) is 0 Å². The summed E-state index contributed by atoms with van der Waals surface area (Å²) in [7, 11) is 0. The second-order valence-electron chi connectivity index (χ2n) is 2.61. The molecular weight excluding hydrogens is 291 g/mol. The molecule has 0 heterocycles. The Bertz CT molecular complexity index is 72.1. The summed E-state index contributed by atoms with van der Waals surface area (Å²) in [5.74, 6) is 0. The van der Waals surface area contributed by atoms with Crippen LogP contribution in [0.4, 0.5) is 0 Å². The van der Waals surface area contributed by atoms with Crippen LogP contribution >= 0.6 is 0 Å². The van der Waals surface area contributed by atoms with Gasteiger partial charge in [-0.05, 0) is 12.8 Å². The summed E-state index contributed by atoms with van der Waals surface area (Å²) in [6.07, 6.45) is 4.80. The Morgan fingerprint density at radius 1 is 0.900 bits per heavy atom. The smallest absolute Gasteiger partial charge is 1.00 e. The fourth-order valence-corrected chi connectivity index (χ4v) is 1.19. The van der Waals surface area contributed by atoms with Crippen LogP contribution in [0.15, 0.2) is 0 Å². The van der Waals surface area contributed by atoms with Crippen molar-refractivity contribution in [2.75, 3.05) is 0 Å². The van der Waals surface area contributed by atoms with Gasteiger partial charge in [-0.2, -0.15) is 0 Å². The van der Waals surface area contributed by atoms with Gasteiger partial charge >= 0.3 is 17.1 Å². The molecule has 0 radical (unpaired) electrons. The largest absolute Gasteiger partial charge is 1.00 e. The Balaban J connectivity index is 0. The number of nitrogens with two attached hydrogens (primary N) is 2. The average molecular weight is 305 g/mol. The number of hydrogen-bond donors (Lipinski definition) is 2. The molecule has 0 bridgehead atoms. The first-order valence-corrected chi connectivity index (χ1v) is 3.32. The molecule has 0 saturated heterocycles. The minimum Gasteiger partial charge on any atom is -1.00 e. The van der Waals surface area contributed by atoms with Crippen molar-refractivity contribution in [1.82, 2.24) is 0 Å². The Morgan fingerprint density at radius 2 is 1.20 bits per heavy atom. The van der Waals surface area contributed by atoms with Crippen molar-refractivity contribution in [2.45, 2.75) is 37.8 Å². The van der Waals surface area contributed by atoms with Gasteiger partial charge in [0.25, 0.3) is 0 Å². The summed E-state index contributed by atoms with van der Waals surface area (Å²) in [6.45, 7) is 0. The summed E-state index contributed by atoms with van der Waals surface area (Å²) in [5, 5.41) is 0. The third-order valence-corrected chi connectivity index (χ3v) is 1.87. The van der Waals surface area contributed by atoms with E-state index in [9.17, 15) is 0 Å². The minimum atomic E-state index is 0. The van der Waals surface area contributed by atoms with Crippen LogP contribution in [0.25, 0.3) is 0 Å². The van der Waals surface area contributed by atoms with E-state index in [1.165, 1.54) is 12.8 Å². The fourth-order valence-electron chi connectivity index (χ4n) is 1.19. The van der Waals surface area contributed by atoms with Gasteiger partial charge in [-0.25, -0.2) is 0 Å². The van der Waals surface area contributed by atoms with E-state index < -0.39 is 0 Å². The van der Waals surface area contributed by atoms with E-state index in [0.29, 0.717) is 0 Å². The molecule has 0 spiro atoms. The van der Waals surface area contributed by atoms with Crippen molar-refractivity contribution in [2.24, 2.45) is 11.5 Å². The van der Waals surface area contributed by atoms with Gasteiger partial charge in [0.05, 0.1) is 0 Å². The van der Waals surface area contributed by atoms with Gasteiger partial charge in [0.2, 0.25) is 0 Å². The topological polar surface area (TPSA) is 52.0 Å². The zero-order valence-electron chi connectivity index (χ0n) is 5.82. The first-order valence-electron chi connectivity index (χ1n) is 3.32. The maximum atomic E-state index is 5.65. The predicted octanol–water partition coefficient (Wildman–Crippen LogP) is -2.78. The monoisotopic (exact) mass is 304 g/mol. The molecule has 0 aromatic carbocycles. The van der Waals surface area contributed by atoms with Gasteiger partial charge in [0.15, 0.2) is 0 Å². The van der Waals surface area contributed by atoms with Gasteiger partial charge in [0.1, 0.15) is 0 Å². The molecular formula is C6H14CuIN2. The van der Waals surface area contributed by atoms with E-state index in [-0.39, 0.29) is 53.1 Å². The van der Waals surface area contributed by atoms with Gasteiger partial charge < -0.3 is 35.4 Å². The van der Waals surface area contributed by atoms with Crippen LogP contribution in [0.2, 0.25) is 0 Å². The number of hydrogen-bond acceptors (Lipinski definition) is 2. The summed E-state index contributed by atoms with van der Waals surface area (Å²) in [6, 6.07) is 0.562. The Hall–Kier alpha value is 1.17. The molecule has 1 aliphatic rings.